The number of piperazine rings is 1. The second kappa shape index (κ2) is 8.64. The van der Waals surface area contributed by atoms with E-state index in [4.69, 9.17) is 14.6 Å². The van der Waals surface area contributed by atoms with Crippen LogP contribution in [0.15, 0.2) is 22.0 Å². The third kappa shape index (κ3) is 4.37. The molecule has 2 aliphatic heterocycles. The van der Waals surface area contributed by atoms with E-state index in [9.17, 15) is 9.90 Å². The maximum absolute atomic E-state index is 12.3. The maximum Gasteiger partial charge on any atom is 0.286 e. The molecule has 0 atom stereocenters. The van der Waals surface area contributed by atoms with Gasteiger partial charge in [0, 0.05) is 32.7 Å². The van der Waals surface area contributed by atoms with Crippen LogP contribution in [0.2, 0.25) is 0 Å². The Morgan fingerprint density at radius 3 is 2.37 bits per heavy atom. The van der Waals surface area contributed by atoms with Crippen LogP contribution in [0, 0.1) is 0 Å². The number of β-amino-alcohol motifs (C(OH)–C–C–N with tert-alkyl or cyclic N) is 1. The first-order chi connectivity index (χ1) is 13.0. The van der Waals surface area contributed by atoms with Gasteiger partial charge in [-0.15, -0.1) is 0 Å². The van der Waals surface area contributed by atoms with Crippen LogP contribution in [0.4, 0.5) is 0 Å². The van der Waals surface area contributed by atoms with E-state index in [1.165, 1.54) is 26.0 Å². The van der Waals surface area contributed by atoms with Crippen molar-refractivity contribution in [2.75, 3.05) is 53.6 Å². The zero-order valence-corrected chi connectivity index (χ0v) is 16.2. The smallest absolute Gasteiger partial charge is 0.286 e. The summed E-state index contributed by atoms with van der Waals surface area (Å²) in [6.07, 6.45) is 1.72. The Kier molecular flexibility index (Phi) is 6.25. The molecular weight excluding hydrogens is 370 g/mol. The number of aromatic hydroxyl groups is 1. The molecule has 146 valence electrons. The van der Waals surface area contributed by atoms with Crippen LogP contribution < -0.4 is 9.47 Å². The van der Waals surface area contributed by atoms with Gasteiger partial charge in [0.15, 0.2) is 16.7 Å². The zero-order valence-electron chi connectivity index (χ0n) is 15.3. The monoisotopic (exact) mass is 393 g/mol. The molecule has 0 bridgehead atoms. The average molecular weight is 393 g/mol. The molecule has 2 aliphatic rings. The van der Waals surface area contributed by atoms with Crippen molar-refractivity contribution in [2.45, 2.75) is 0 Å². The predicted molar refractivity (Wildman–Crippen MR) is 104 cm³/mol. The fraction of sp³-hybridized carbons (Fsp3) is 0.444. The highest BCUT2D eigenvalue weighted by Crippen LogP contribution is 2.39. The molecule has 1 aromatic rings. The maximum atomic E-state index is 12.3. The van der Waals surface area contributed by atoms with Gasteiger partial charge in [0.1, 0.15) is 0 Å². The van der Waals surface area contributed by atoms with Crippen molar-refractivity contribution in [3.63, 3.8) is 0 Å². The van der Waals surface area contributed by atoms with Crippen LogP contribution in [0.1, 0.15) is 5.56 Å². The average Bonchev–Trinajstić information content (AvgIpc) is 3.04. The number of carbonyl (C=O) groups is 1. The van der Waals surface area contributed by atoms with Crippen molar-refractivity contribution in [1.29, 1.82) is 0 Å². The normalized spacial score (nSPS) is 19.5. The summed E-state index contributed by atoms with van der Waals surface area (Å²) in [4.78, 5) is 21.3. The Labute approximate surface area is 162 Å². The quantitative estimate of drug-likeness (QED) is 0.716. The summed E-state index contributed by atoms with van der Waals surface area (Å²) in [7, 11) is 2.91. The molecule has 1 fully saturated rings. The fourth-order valence-corrected chi connectivity index (χ4v) is 3.95. The van der Waals surface area contributed by atoms with Crippen molar-refractivity contribution in [3.8, 4) is 17.2 Å². The van der Waals surface area contributed by atoms with E-state index in [0.29, 0.717) is 22.2 Å². The van der Waals surface area contributed by atoms with E-state index in [1.54, 1.807) is 18.2 Å². The first-order valence-electron chi connectivity index (χ1n) is 8.61. The number of aliphatic imine (C=N–C) groups is 1. The Balaban J connectivity index is 1.72. The second-order valence-electron chi connectivity index (χ2n) is 6.14. The molecule has 0 radical (unpaired) electrons. The molecule has 0 aliphatic carbocycles. The number of aliphatic hydroxyl groups is 1. The standard InChI is InChI=1S/C18H23N3O5S/c1-25-13-9-12(10-14(26-2)16(13)23)11-15-17(24)19-18(27-15)21-5-3-20(4-6-21)7-8-22/h9-11,22-23H,3-8H2,1-2H3/b15-11-. The minimum Gasteiger partial charge on any atom is -0.502 e. The molecule has 0 unspecified atom stereocenters. The summed E-state index contributed by atoms with van der Waals surface area (Å²) in [5.41, 5.74) is 0.682. The van der Waals surface area contributed by atoms with Gasteiger partial charge < -0.3 is 24.6 Å². The van der Waals surface area contributed by atoms with Crippen LogP contribution in [0.25, 0.3) is 6.08 Å². The predicted octanol–water partition coefficient (Wildman–Crippen LogP) is 0.990. The number of methoxy groups -OCH3 is 2. The van der Waals surface area contributed by atoms with E-state index in [2.05, 4.69) is 14.8 Å². The van der Waals surface area contributed by atoms with Crippen LogP contribution in [-0.2, 0) is 4.79 Å². The van der Waals surface area contributed by atoms with Gasteiger partial charge in [0.2, 0.25) is 5.75 Å². The molecule has 0 spiro atoms. The summed E-state index contributed by atoms with van der Waals surface area (Å²) < 4.78 is 10.3. The largest absolute Gasteiger partial charge is 0.502 e. The van der Waals surface area contributed by atoms with Crippen LogP contribution in [0.3, 0.4) is 0 Å². The SMILES string of the molecule is COc1cc(/C=C2\SC(N3CCN(CCO)CC3)=NC2=O)cc(OC)c1O. The molecule has 0 aromatic heterocycles. The van der Waals surface area contributed by atoms with Gasteiger partial charge in [-0.1, -0.05) is 0 Å². The van der Waals surface area contributed by atoms with Gasteiger partial charge in [-0.3, -0.25) is 9.69 Å². The lowest BCUT2D eigenvalue weighted by Gasteiger charge is -2.34. The Bertz CT molecular complexity index is 747. The highest BCUT2D eigenvalue weighted by Gasteiger charge is 2.28. The molecule has 2 N–H and O–H groups in total. The number of amidine groups is 1. The van der Waals surface area contributed by atoms with Crippen LogP contribution >= 0.6 is 11.8 Å². The van der Waals surface area contributed by atoms with E-state index in [-0.39, 0.29) is 29.8 Å². The van der Waals surface area contributed by atoms with E-state index in [1.807, 2.05) is 0 Å². The number of thioether (sulfide) groups is 1. The summed E-state index contributed by atoms with van der Waals surface area (Å²) >= 11 is 1.34. The number of phenols is 1. The molecule has 1 saturated heterocycles. The summed E-state index contributed by atoms with van der Waals surface area (Å²) in [5, 5.41) is 19.7. The highest BCUT2D eigenvalue weighted by atomic mass is 32.2. The lowest BCUT2D eigenvalue weighted by molar-refractivity contribution is -0.113. The number of rotatable bonds is 5. The number of nitrogens with zero attached hydrogens (tertiary/aromatic N) is 3. The number of carbonyl (C=O) groups excluding carboxylic acids is 1. The molecule has 2 heterocycles. The molecular formula is C18H23N3O5S. The molecule has 27 heavy (non-hydrogen) atoms. The van der Waals surface area contributed by atoms with Crippen molar-refractivity contribution < 1.29 is 24.5 Å². The number of hydrogen-bond donors (Lipinski definition) is 2. The molecule has 9 heteroatoms. The first kappa shape index (κ1) is 19.5. The molecule has 0 saturated carbocycles. The van der Waals surface area contributed by atoms with Crippen LogP contribution in [0.5, 0.6) is 17.2 Å². The van der Waals surface area contributed by atoms with E-state index in [0.717, 1.165) is 26.2 Å². The van der Waals surface area contributed by atoms with Gasteiger partial charge >= 0.3 is 0 Å². The fourth-order valence-electron chi connectivity index (χ4n) is 2.99. The molecule has 3 rings (SSSR count). The van der Waals surface area contributed by atoms with Gasteiger partial charge in [-0.05, 0) is 35.5 Å². The highest BCUT2D eigenvalue weighted by molar-refractivity contribution is 8.18. The van der Waals surface area contributed by atoms with Gasteiger partial charge in [0.05, 0.1) is 25.7 Å². The number of amides is 1. The number of phenolic OH excluding ortho intramolecular Hbond substituents is 1. The van der Waals surface area contributed by atoms with Crippen molar-refractivity contribution in [2.24, 2.45) is 4.99 Å². The van der Waals surface area contributed by atoms with Crippen molar-refractivity contribution in [1.82, 2.24) is 9.80 Å². The van der Waals surface area contributed by atoms with Crippen molar-refractivity contribution >= 4 is 28.9 Å². The topological polar surface area (TPSA) is 94.8 Å². The number of benzene rings is 1. The molecule has 1 aromatic carbocycles. The lowest BCUT2D eigenvalue weighted by Crippen LogP contribution is -2.48. The summed E-state index contributed by atoms with van der Waals surface area (Å²) in [6.45, 7) is 4.03. The third-order valence-electron chi connectivity index (χ3n) is 4.47. The summed E-state index contributed by atoms with van der Waals surface area (Å²) in [5.74, 6) is 0.194. The van der Waals surface area contributed by atoms with Gasteiger partial charge in [-0.25, -0.2) is 0 Å². The Morgan fingerprint density at radius 1 is 1.19 bits per heavy atom. The first-order valence-corrected chi connectivity index (χ1v) is 9.43. The summed E-state index contributed by atoms with van der Waals surface area (Å²) in [6, 6.07) is 3.29. The molecule has 1 amide bonds. The zero-order chi connectivity index (χ0) is 19.4. The minimum absolute atomic E-state index is 0.0785. The minimum atomic E-state index is -0.279. The molecule has 8 nitrogen and oxygen atoms in total. The van der Waals surface area contributed by atoms with E-state index >= 15 is 0 Å². The second-order valence-corrected chi connectivity index (χ2v) is 7.15. The van der Waals surface area contributed by atoms with E-state index < -0.39 is 0 Å². The van der Waals surface area contributed by atoms with Gasteiger partial charge in [0.25, 0.3) is 5.91 Å². The van der Waals surface area contributed by atoms with Crippen LogP contribution in [-0.4, -0.2) is 84.6 Å². The van der Waals surface area contributed by atoms with Crippen molar-refractivity contribution in [3.05, 3.63) is 22.6 Å². The third-order valence-corrected chi connectivity index (χ3v) is 5.51. The number of hydrogen-bond acceptors (Lipinski definition) is 8. The van der Waals surface area contributed by atoms with Gasteiger partial charge in [-0.2, -0.15) is 4.99 Å². The number of aliphatic hydroxyl groups excluding tert-OH is 1. The Morgan fingerprint density at radius 2 is 1.81 bits per heavy atom. The Hall–Kier alpha value is -2.23. The number of ether oxygens (including phenoxy) is 2. The lowest BCUT2D eigenvalue weighted by atomic mass is 10.1.